The Morgan fingerprint density at radius 1 is 1.19 bits per heavy atom. The number of hydrogen-bond acceptors (Lipinski definition) is 1. The standard InChI is InChI=1S/C13H18BrNO/c1-8-7-9(2)11(4)12(10(8)3)5-6-15-13(14)16/h7H,5-6H2,1-4H3,(H,15,16). The molecule has 0 heterocycles. The van der Waals surface area contributed by atoms with Gasteiger partial charge < -0.3 is 5.32 Å². The Bertz CT molecular complexity index is 387. The molecule has 1 N–H and O–H groups in total. The van der Waals surface area contributed by atoms with Gasteiger partial charge in [0.1, 0.15) is 0 Å². The van der Waals surface area contributed by atoms with Crippen molar-refractivity contribution in [3.8, 4) is 0 Å². The molecule has 0 aliphatic carbocycles. The third-order valence-corrected chi connectivity index (χ3v) is 3.44. The van der Waals surface area contributed by atoms with Crippen molar-refractivity contribution >= 4 is 20.7 Å². The molecule has 0 saturated heterocycles. The number of halogens is 1. The first-order valence-corrected chi connectivity index (χ1v) is 6.22. The molecule has 1 aromatic rings. The Morgan fingerprint density at radius 3 is 2.12 bits per heavy atom. The summed E-state index contributed by atoms with van der Waals surface area (Å²) in [5, 5.41) is 2.77. The SMILES string of the molecule is Cc1cc(C)c(C)c(CCNC(=O)Br)c1C. The van der Waals surface area contributed by atoms with Gasteiger partial charge in [-0.15, -0.1) is 0 Å². The van der Waals surface area contributed by atoms with Gasteiger partial charge in [-0.2, -0.15) is 0 Å². The molecule has 0 fully saturated rings. The second-order valence-corrected chi connectivity index (χ2v) is 4.91. The maximum absolute atomic E-state index is 10.7. The van der Waals surface area contributed by atoms with Crippen LogP contribution in [0.5, 0.6) is 0 Å². The van der Waals surface area contributed by atoms with Crippen molar-refractivity contribution in [1.29, 1.82) is 0 Å². The van der Waals surface area contributed by atoms with E-state index in [1.165, 1.54) is 27.8 Å². The molecule has 1 rings (SSSR count). The predicted molar refractivity (Wildman–Crippen MR) is 71.4 cm³/mol. The fourth-order valence-electron chi connectivity index (χ4n) is 1.96. The number of hydrogen-bond donors (Lipinski definition) is 1. The maximum atomic E-state index is 10.7. The highest BCUT2D eigenvalue weighted by molar-refractivity contribution is 9.18. The van der Waals surface area contributed by atoms with Gasteiger partial charge in [0.15, 0.2) is 0 Å². The summed E-state index contributed by atoms with van der Waals surface area (Å²) in [6.45, 7) is 9.23. The van der Waals surface area contributed by atoms with Gasteiger partial charge in [-0.1, -0.05) is 6.07 Å². The minimum absolute atomic E-state index is 0.146. The molecule has 0 spiro atoms. The molecule has 0 bridgehead atoms. The van der Waals surface area contributed by atoms with Crippen LogP contribution in [0.25, 0.3) is 0 Å². The van der Waals surface area contributed by atoms with Crippen LogP contribution >= 0.6 is 15.9 Å². The van der Waals surface area contributed by atoms with Gasteiger partial charge in [-0.3, -0.25) is 4.79 Å². The molecular formula is C13H18BrNO. The van der Waals surface area contributed by atoms with Crippen molar-refractivity contribution in [3.05, 3.63) is 33.9 Å². The molecule has 0 atom stereocenters. The van der Waals surface area contributed by atoms with Gasteiger partial charge in [-0.25, -0.2) is 0 Å². The number of nitrogens with one attached hydrogen (secondary N) is 1. The molecule has 0 unspecified atom stereocenters. The topological polar surface area (TPSA) is 29.1 Å². The lowest BCUT2D eigenvalue weighted by Crippen LogP contribution is -2.20. The molecular weight excluding hydrogens is 266 g/mol. The van der Waals surface area contributed by atoms with E-state index in [1.807, 2.05) is 0 Å². The van der Waals surface area contributed by atoms with Gasteiger partial charge in [0.25, 0.3) is 4.82 Å². The van der Waals surface area contributed by atoms with Crippen LogP contribution in [0.3, 0.4) is 0 Å². The molecule has 3 heteroatoms. The van der Waals surface area contributed by atoms with Crippen LogP contribution in [0.1, 0.15) is 27.8 Å². The Kier molecular flexibility index (Phi) is 4.54. The van der Waals surface area contributed by atoms with Crippen molar-refractivity contribution in [1.82, 2.24) is 5.32 Å². The number of aryl methyl sites for hydroxylation is 2. The van der Waals surface area contributed by atoms with Crippen molar-refractivity contribution < 1.29 is 4.79 Å². The molecule has 0 aliphatic heterocycles. The lowest BCUT2D eigenvalue weighted by molar-refractivity contribution is 0.262. The highest BCUT2D eigenvalue weighted by Gasteiger charge is 2.08. The van der Waals surface area contributed by atoms with E-state index in [1.54, 1.807) is 0 Å². The van der Waals surface area contributed by atoms with Crippen LogP contribution in [0.4, 0.5) is 4.79 Å². The minimum atomic E-state index is -0.146. The summed E-state index contributed by atoms with van der Waals surface area (Å²) < 4.78 is 0. The van der Waals surface area contributed by atoms with Crippen LogP contribution in [0.2, 0.25) is 0 Å². The molecule has 0 aromatic heterocycles. The first-order chi connectivity index (χ1) is 7.43. The van der Waals surface area contributed by atoms with E-state index < -0.39 is 0 Å². The van der Waals surface area contributed by atoms with Crippen LogP contribution in [0, 0.1) is 27.7 Å². The highest BCUT2D eigenvalue weighted by atomic mass is 79.9. The van der Waals surface area contributed by atoms with Gasteiger partial charge in [0.2, 0.25) is 0 Å². The number of rotatable bonds is 3. The van der Waals surface area contributed by atoms with Crippen molar-refractivity contribution in [2.75, 3.05) is 6.54 Å². The molecule has 1 amide bonds. The fourth-order valence-corrected chi connectivity index (χ4v) is 2.16. The van der Waals surface area contributed by atoms with E-state index >= 15 is 0 Å². The molecule has 0 radical (unpaired) electrons. The van der Waals surface area contributed by atoms with Crippen molar-refractivity contribution in [3.63, 3.8) is 0 Å². The zero-order valence-electron chi connectivity index (χ0n) is 10.3. The van der Waals surface area contributed by atoms with E-state index in [-0.39, 0.29) is 4.82 Å². The second kappa shape index (κ2) is 5.48. The monoisotopic (exact) mass is 283 g/mol. The molecule has 16 heavy (non-hydrogen) atoms. The normalized spacial score (nSPS) is 10.3. The second-order valence-electron chi connectivity index (χ2n) is 4.19. The predicted octanol–water partition coefficient (Wildman–Crippen LogP) is 3.57. The van der Waals surface area contributed by atoms with Gasteiger partial charge in [0.05, 0.1) is 0 Å². The summed E-state index contributed by atoms with van der Waals surface area (Å²) in [6.07, 6.45) is 0.886. The minimum Gasteiger partial charge on any atom is -0.346 e. The molecule has 0 saturated carbocycles. The molecule has 2 nitrogen and oxygen atoms in total. The third-order valence-electron chi connectivity index (χ3n) is 3.16. The smallest absolute Gasteiger partial charge is 0.287 e. The van der Waals surface area contributed by atoms with Crippen LogP contribution in [0.15, 0.2) is 6.07 Å². The number of carbonyl (C=O) groups excluding carboxylic acids is 1. The lowest BCUT2D eigenvalue weighted by Gasteiger charge is -2.15. The number of amides is 1. The Hall–Kier alpha value is -0.830. The fraction of sp³-hybridized carbons (Fsp3) is 0.462. The molecule has 88 valence electrons. The Balaban J connectivity index is 2.90. The average Bonchev–Trinajstić information content (AvgIpc) is 2.20. The number of benzene rings is 1. The highest BCUT2D eigenvalue weighted by Crippen LogP contribution is 2.21. The summed E-state index contributed by atoms with van der Waals surface area (Å²) in [6, 6.07) is 2.22. The van der Waals surface area contributed by atoms with Gasteiger partial charge in [-0.05, 0) is 61.9 Å². The summed E-state index contributed by atoms with van der Waals surface area (Å²) in [5.74, 6) is 0. The van der Waals surface area contributed by atoms with E-state index in [0.29, 0.717) is 6.54 Å². The zero-order valence-corrected chi connectivity index (χ0v) is 11.9. The lowest BCUT2D eigenvalue weighted by atomic mass is 9.92. The number of carbonyl (C=O) groups is 1. The average molecular weight is 284 g/mol. The van der Waals surface area contributed by atoms with E-state index in [2.05, 4.69) is 55.0 Å². The van der Waals surface area contributed by atoms with Crippen molar-refractivity contribution in [2.24, 2.45) is 0 Å². The first-order valence-electron chi connectivity index (χ1n) is 5.43. The Morgan fingerprint density at radius 2 is 1.69 bits per heavy atom. The van der Waals surface area contributed by atoms with Gasteiger partial charge in [0, 0.05) is 22.5 Å². The summed E-state index contributed by atoms with van der Waals surface area (Å²) in [5.41, 5.74) is 6.68. The summed E-state index contributed by atoms with van der Waals surface area (Å²) in [4.78, 5) is 10.6. The largest absolute Gasteiger partial charge is 0.346 e. The zero-order chi connectivity index (χ0) is 12.3. The maximum Gasteiger partial charge on any atom is 0.287 e. The van der Waals surface area contributed by atoms with E-state index in [4.69, 9.17) is 0 Å². The summed E-state index contributed by atoms with van der Waals surface area (Å²) >= 11 is 2.86. The third kappa shape index (κ3) is 3.08. The first kappa shape index (κ1) is 13.2. The van der Waals surface area contributed by atoms with Crippen LogP contribution in [-0.2, 0) is 6.42 Å². The Labute approximate surface area is 106 Å². The quantitative estimate of drug-likeness (QED) is 0.667. The van der Waals surface area contributed by atoms with Crippen molar-refractivity contribution in [2.45, 2.75) is 34.1 Å². The summed E-state index contributed by atoms with van der Waals surface area (Å²) in [7, 11) is 0. The molecule has 1 aromatic carbocycles. The van der Waals surface area contributed by atoms with Crippen LogP contribution in [-0.4, -0.2) is 11.4 Å². The van der Waals surface area contributed by atoms with E-state index in [0.717, 1.165) is 6.42 Å². The molecule has 0 aliphatic rings. The van der Waals surface area contributed by atoms with Gasteiger partial charge >= 0.3 is 0 Å². The van der Waals surface area contributed by atoms with Crippen LogP contribution < -0.4 is 5.32 Å². The van der Waals surface area contributed by atoms with E-state index in [9.17, 15) is 4.79 Å².